The van der Waals surface area contributed by atoms with Crippen LogP contribution in [0.4, 0.5) is 0 Å². The molecule has 1 amide bonds. The van der Waals surface area contributed by atoms with Crippen molar-refractivity contribution in [2.45, 2.75) is 53.0 Å². The van der Waals surface area contributed by atoms with Gasteiger partial charge in [-0.3, -0.25) is 9.59 Å². The molecule has 4 nitrogen and oxygen atoms in total. The molecule has 0 bridgehead atoms. The first-order valence-electron chi connectivity index (χ1n) is 6.91. The maximum atomic E-state index is 12.1. The minimum absolute atomic E-state index is 0.170. The van der Waals surface area contributed by atoms with Crippen molar-refractivity contribution < 1.29 is 14.3 Å². The molecule has 0 aliphatic heterocycles. The Morgan fingerprint density at radius 2 is 1.89 bits per heavy atom. The van der Waals surface area contributed by atoms with E-state index in [-0.39, 0.29) is 17.8 Å². The highest BCUT2D eigenvalue weighted by Gasteiger charge is 2.34. The molecule has 0 aromatic heterocycles. The van der Waals surface area contributed by atoms with Gasteiger partial charge in [0, 0.05) is 19.0 Å². The first-order chi connectivity index (χ1) is 8.45. The molecule has 104 valence electrons. The number of hydrogen-bond donors (Lipinski definition) is 0. The van der Waals surface area contributed by atoms with Crippen LogP contribution in [0, 0.1) is 11.8 Å². The van der Waals surface area contributed by atoms with E-state index >= 15 is 0 Å². The quantitative estimate of drug-likeness (QED) is 0.655. The topological polar surface area (TPSA) is 46.6 Å². The SMILES string of the molecule is CCOC(=O)C(C)CN(C(=O)CC(C)C)C1CC1. The smallest absolute Gasteiger partial charge is 0.310 e. The van der Waals surface area contributed by atoms with Crippen molar-refractivity contribution in [3.8, 4) is 0 Å². The van der Waals surface area contributed by atoms with E-state index in [0.29, 0.717) is 31.5 Å². The second kappa shape index (κ2) is 6.76. The van der Waals surface area contributed by atoms with Gasteiger partial charge < -0.3 is 9.64 Å². The van der Waals surface area contributed by atoms with Crippen LogP contribution in [0.2, 0.25) is 0 Å². The average molecular weight is 255 g/mol. The van der Waals surface area contributed by atoms with Gasteiger partial charge in [-0.2, -0.15) is 0 Å². The van der Waals surface area contributed by atoms with Crippen molar-refractivity contribution in [1.29, 1.82) is 0 Å². The van der Waals surface area contributed by atoms with Gasteiger partial charge in [0.2, 0.25) is 5.91 Å². The van der Waals surface area contributed by atoms with E-state index in [1.807, 2.05) is 25.7 Å². The van der Waals surface area contributed by atoms with E-state index in [9.17, 15) is 9.59 Å². The molecule has 0 radical (unpaired) electrons. The van der Waals surface area contributed by atoms with E-state index in [2.05, 4.69) is 0 Å². The van der Waals surface area contributed by atoms with Crippen LogP contribution in [-0.2, 0) is 14.3 Å². The zero-order chi connectivity index (χ0) is 13.7. The molecule has 0 spiro atoms. The summed E-state index contributed by atoms with van der Waals surface area (Å²) >= 11 is 0. The average Bonchev–Trinajstić information content (AvgIpc) is 3.08. The number of amides is 1. The van der Waals surface area contributed by atoms with Gasteiger partial charge in [0.15, 0.2) is 0 Å². The maximum Gasteiger partial charge on any atom is 0.310 e. The predicted molar refractivity (Wildman–Crippen MR) is 70.0 cm³/mol. The molecule has 1 unspecified atom stereocenters. The molecule has 0 saturated heterocycles. The number of carbonyl (C=O) groups excluding carboxylic acids is 2. The fraction of sp³-hybridized carbons (Fsp3) is 0.857. The predicted octanol–water partition coefficient (Wildman–Crippen LogP) is 2.22. The summed E-state index contributed by atoms with van der Waals surface area (Å²) in [7, 11) is 0. The monoisotopic (exact) mass is 255 g/mol. The standard InChI is InChI=1S/C14H25NO3/c1-5-18-14(17)11(4)9-15(12-6-7-12)13(16)8-10(2)3/h10-12H,5-9H2,1-4H3. The molecule has 1 fully saturated rings. The summed E-state index contributed by atoms with van der Waals surface area (Å²) in [5, 5.41) is 0. The van der Waals surface area contributed by atoms with Crippen LogP contribution in [0.15, 0.2) is 0 Å². The summed E-state index contributed by atoms with van der Waals surface area (Å²) in [5.74, 6) is 0.0856. The first-order valence-corrected chi connectivity index (χ1v) is 6.91. The van der Waals surface area contributed by atoms with Crippen LogP contribution in [-0.4, -0.2) is 36.0 Å². The molecule has 1 aliphatic rings. The van der Waals surface area contributed by atoms with Gasteiger partial charge in [-0.1, -0.05) is 20.8 Å². The third-order valence-corrected chi connectivity index (χ3v) is 3.05. The Balaban J connectivity index is 2.52. The van der Waals surface area contributed by atoms with Crippen molar-refractivity contribution in [3.63, 3.8) is 0 Å². The van der Waals surface area contributed by atoms with E-state index < -0.39 is 0 Å². The lowest BCUT2D eigenvalue weighted by atomic mass is 10.1. The second-order valence-corrected chi connectivity index (χ2v) is 5.53. The fourth-order valence-corrected chi connectivity index (χ4v) is 1.96. The third kappa shape index (κ3) is 4.67. The lowest BCUT2D eigenvalue weighted by molar-refractivity contribution is -0.149. The minimum atomic E-state index is -0.235. The second-order valence-electron chi connectivity index (χ2n) is 5.53. The van der Waals surface area contributed by atoms with Gasteiger partial charge in [-0.15, -0.1) is 0 Å². The van der Waals surface area contributed by atoms with Crippen LogP contribution < -0.4 is 0 Å². The van der Waals surface area contributed by atoms with Gasteiger partial charge in [-0.25, -0.2) is 0 Å². The zero-order valence-corrected chi connectivity index (χ0v) is 11.9. The molecular formula is C14H25NO3. The van der Waals surface area contributed by atoms with Gasteiger partial charge in [0.1, 0.15) is 0 Å². The normalized spacial score (nSPS) is 16.5. The lowest BCUT2D eigenvalue weighted by Crippen LogP contribution is -2.39. The third-order valence-electron chi connectivity index (χ3n) is 3.05. The minimum Gasteiger partial charge on any atom is -0.466 e. The number of carbonyl (C=O) groups is 2. The van der Waals surface area contributed by atoms with Crippen molar-refractivity contribution in [2.24, 2.45) is 11.8 Å². The Labute approximate surface area is 110 Å². The molecule has 1 rings (SSSR count). The van der Waals surface area contributed by atoms with E-state index in [1.54, 1.807) is 6.92 Å². The van der Waals surface area contributed by atoms with Gasteiger partial charge >= 0.3 is 5.97 Å². The molecule has 0 heterocycles. The highest BCUT2D eigenvalue weighted by atomic mass is 16.5. The van der Waals surface area contributed by atoms with E-state index in [0.717, 1.165) is 12.8 Å². The van der Waals surface area contributed by atoms with E-state index in [1.165, 1.54) is 0 Å². The fourth-order valence-electron chi connectivity index (χ4n) is 1.96. The van der Waals surface area contributed by atoms with Crippen molar-refractivity contribution in [1.82, 2.24) is 4.90 Å². The summed E-state index contributed by atoms with van der Waals surface area (Å²) in [6, 6.07) is 0.355. The highest BCUT2D eigenvalue weighted by Crippen LogP contribution is 2.28. The molecule has 1 saturated carbocycles. The number of esters is 1. The van der Waals surface area contributed by atoms with Crippen LogP contribution in [0.3, 0.4) is 0 Å². The molecule has 18 heavy (non-hydrogen) atoms. The molecular weight excluding hydrogens is 230 g/mol. The maximum absolute atomic E-state index is 12.1. The zero-order valence-electron chi connectivity index (χ0n) is 11.9. The molecule has 1 aliphatic carbocycles. The van der Waals surface area contributed by atoms with E-state index in [4.69, 9.17) is 4.74 Å². The molecule has 1 atom stereocenters. The Bertz CT molecular complexity index is 297. The Hall–Kier alpha value is -1.06. The Kier molecular flexibility index (Phi) is 5.63. The molecule has 4 heteroatoms. The highest BCUT2D eigenvalue weighted by molar-refractivity contribution is 5.78. The van der Waals surface area contributed by atoms with Crippen molar-refractivity contribution >= 4 is 11.9 Å². The van der Waals surface area contributed by atoms with Crippen molar-refractivity contribution in [2.75, 3.05) is 13.2 Å². The summed E-state index contributed by atoms with van der Waals surface area (Å²) in [6.07, 6.45) is 2.70. The largest absolute Gasteiger partial charge is 0.466 e. The lowest BCUT2D eigenvalue weighted by Gasteiger charge is -2.26. The molecule has 0 aromatic carbocycles. The number of rotatable bonds is 7. The van der Waals surface area contributed by atoms with Crippen LogP contribution in [0.5, 0.6) is 0 Å². The van der Waals surface area contributed by atoms with Crippen LogP contribution in [0.1, 0.15) is 47.0 Å². The Morgan fingerprint density at radius 1 is 1.28 bits per heavy atom. The number of ether oxygens (including phenoxy) is 1. The van der Waals surface area contributed by atoms with Crippen molar-refractivity contribution in [3.05, 3.63) is 0 Å². The summed E-state index contributed by atoms with van der Waals surface area (Å²) < 4.78 is 4.99. The summed E-state index contributed by atoms with van der Waals surface area (Å²) in [4.78, 5) is 25.6. The van der Waals surface area contributed by atoms with Crippen LogP contribution >= 0.6 is 0 Å². The number of nitrogens with zero attached hydrogens (tertiary/aromatic N) is 1. The number of hydrogen-bond acceptors (Lipinski definition) is 3. The van der Waals surface area contributed by atoms with Gasteiger partial charge in [0.25, 0.3) is 0 Å². The first kappa shape index (κ1) is 15.0. The van der Waals surface area contributed by atoms with Gasteiger partial charge in [0.05, 0.1) is 12.5 Å². The summed E-state index contributed by atoms with van der Waals surface area (Å²) in [5.41, 5.74) is 0. The van der Waals surface area contributed by atoms with Gasteiger partial charge in [-0.05, 0) is 25.7 Å². The summed E-state index contributed by atoms with van der Waals surface area (Å²) in [6.45, 7) is 8.60. The van der Waals surface area contributed by atoms with Crippen LogP contribution in [0.25, 0.3) is 0 Å². The molecule has 0 N–H and O–H groups in total. The Morgan fingerprint density at radius 3 is 2.33 bits per heavy atom. The molecule has 0 aromatic rings.